The minimum Gasteiger partial charge on any atom is -0.358 e. The highest BCUT2D eigenvalue weighted by atomic mass is 35.5. The standard InChI is InChI=1S/C15H24ClN3/c1-10(2)17-7-12-6-14(16)15(18-8-12)19(4)9-13-5-11(13)3/h6,8,10-11,13,17H,5,7,9H2,1-4H3. The molecule has 106 valence electrons. The van der Waals surface area contributed by atoms with Crippen LogP contribution in [0, 0.1) is 11.8 Å². The summed E-state index contributed by atoms with van der Waals surface area (Å²) in [6.45, 7) is 8.43. The average molecular weight is 282 g/mol. The number of nitrogens with zero attached hydrogens (tertiary/aromatic N) is 2. The van der Waals surface area contributed by atoms with Gasteiger partial charge in [-0.3, -0.25) is 0 Å². The predicted octanol–water partition coefficient (Wildman–Crippen LogP) is 3.33. The molecule has 3 nitrogen and oxygen atoms in total. The maximum absolute atomic E-state index is 6.35. The number of aromatic nitrogens is 1. The molecule has 0 amide bonds. The molecule has 1 N–H and O–H groups in total. The molecule has 1 aliphatic carbocycles. The summed E-state index contributed by atoms with van der Waals surface area (Å²) in [6.07, 6.45) is 3.25. The van der Waals surface area contributed by atoms with Crippen molar-refractivity contribution in [3.63, 3.8) is 0 Å². The van der Waals surface area contributed by atoms with E-state index >= 15 is 0 Å². The van der Waals surface area contributed by atoms with Crippen LogP contribution in [0.4, 0.5) is 5.82 Å². The van der Waals surface area contributed by atoms with Crippen LogP contribution in [0.25, 0.3) is 0 Å². The Morgan fingerprint density at radius 3 is 2.74 bits per heavy atom. The topological polar surface area (TPSA) is 28.2 Å². The first-order chi connectivity index (χ1) is 8.97. The molecule has 19 heavy (non-hydrogen) atoms. The van der Waals surface area contributed by atoms with Gasteiger partial charge in [0, 0.05) is 32.4 Å². The lowest BCUT2D eigenvalue weighted by molar-refractivity contribution is 0.588. The van der Waals surface area contributed by atoms with Crippen molar-refractivity contribution in [1.82, 2.24) is 10.3 Å². The van der Waals surface area contributed by atoms with E-state index in [-0.39, 0.29) is 0 Å². The van der Waals surface area contributed by atoms with Crippen molar-refractivity contribution in [3.05, 3.63) is 22.8 Å². The Balaban J connectivity index is 1.97. The number of pyridine rings is 1. The fourth-order valence-electron chi connectivity index (χ4n) is 2.26. The highest BCUT2D eigenvalue weighted by Crippen LogP contribution is 2.39. The van der Waals surface area contributed by atoms with Crippen molar-refractivity contribution in [2.45, 2.75) is 39.8 Å². The highest BCUT2D eigenvalue weighted by Gasteiger charge is 2.33. The monoisotopic (exact) mass is 281 g/mol. The summed E-state index contributed by atoms with van der Waals surface area (Å²) in [6, 6.07) is 2.49. The molecule has 1 aliphatic rings. The second-order valence-electron chi connectivity index (χ2n) is 6.04. The van der Waals surface area contributed by atoms with Crippen LogP contribution in [0.5, 0.6) is 0 Å². The molecule has 1 saturated carbocycles. The maximum Gasteiger partial charge on any atom is 0.147 e. The van der Waals surface area contributed by atoms with Crippen molar-refractivity contribution in [1.29, 1.82) is 0 Å². The first kappa shape index (κ1) is 14.6. The van der Waals surface area contributed by atoms with E-state index in [1.54, 1.807) is 0 Å². The van der Waals surface area contributed by atoms with Crippen LogP contribution in [0.1, 0.15) is 32.8 Å². The third kappa shape index (κ3) is 4.08. The van der Waals surface area contributed by atoms with Gasteiger partial charge in [0.25, 0.3) is 0 Å². The molecule has 4 heteroatoms. The molecule has 2 unspecified atom stereocenters. The first-order valence-electron chi connectivity index (χ1n) is 7.06. The molecule has 0 aromatic carbocycles. The van der Waals surface area contributed by atoms with Crippen molar-refractivity contribution in [2.75, 3.05) is 18.5 Å². The summed E-state index contributed by atoms with van der Waals surface area (Å²) < 4.78 is 0. The molecular weight excluding hydrogens is 258 g/mol. The number of anilines is 1. The van der Waals surface area contributed by atoms with Crippen LogP contribution < -0.4 is 10.2 Å². The van der Waals surface area contributed by atoms with Gasteiger partial charge in [0.15, 0.2) is 0 Å². The van der Waals surface area contributed by atoms with E-state index in [9.17, 15) is 0 Å². The zero-order valence-corrected chi connectivity index (χ0v) is 13.0. The van der Waals surface area contributed by atoms with Crippen LogP contribution >= 0.6 is 11.6 Å². The smallest absolute Gasteiger partial charge is 0.147 e. The predicted molar refractivity (Wildman–Crippen MR) is 81.8 cm³/mol. The van der Waals surface area contributed by atoms with E-state index in [2.05, 4.69) is 43.0 Å². The van der Waals surface area contributed by atoms with E-state index in [0.717, 1.165) is 41.3 Å². The molecule has 1 heterocycles. The third-order valence-electron chi connectivity index (χ3n) is 3.74. The number of rotatable bonds is 6. The Labute approximate surface area is 121 Å². The highest BCUT2D eigenvalue weighted by molar-refractivity contribution is 6.33. The second-order valence-corrected chi connectivity index (χ2v) is 6.45. The van der Waals surface area contributed by atoms with Crippen LogP contribution in [-0.4, -0.2) is 24.6 Å². The second kappa shape index (κ2) is 6.10. The van der Waals surface area contributed by atoms with Crippen molar-refractivity contribution in [3.8, 4) is 0 Å². The Bertz CT molecular complexity index is 433. The minimum atomic E-state index is 0.470. The Kier molecular flexibility index (Phi) is 4.69. The van der Waals surface area contributed by atoms with Gasteiger partial charge >= 0.3 is 0 Å². The van der Waals surface area contributed by atoms with Gasteiger partial charge in [-0.05, 0) is 29.9 Å². The van der Waals surface area contributed by atoms with Gasteiger partial charge < -0.3 is 10.2 Å². The van der Waals surface area contributed by atoms with Crippen LogP contribution in [0.2, 0.25) is 5.02 Å². The van der Waals surface area contributed by atoms with Crippen LogP contribution in [0.3, 0.4) is 0 Å². The summed E-state index contributed by atoms with van der Waals surface area (Å²) in [5, 5.41) is 4.12. The number of hydrogen-bond acceptors (Lipinski definition) is 3. The molecule has 1 fully saturated rings. The van der Waals surface area contributed by atoms with E-state index < -0.39 is 0 Å². The van der Waals surface area contributed by atoms with Gasteiger partial charge in [0.2, 0.25) is 0 Å². The lowest BCUT2D eigenvalue weighted by atomic mass is 10.2. The number of hydrogen-bond donors (Lipinski definition) is 1. The molecule has 1 aromatic heterocycles. The van der Waals surface area contributed by atoms with Gasteiger partial charge in [-0.15, -0.1) is 0 Å². The number of halogens is 1. The summed E-state index contributed by atoms with van der Waals surface area (Å²) in [4.78, 5) is 6.69. The van der Waals surface area contributed by atoms with Gasteiger partial charge in [0.1, 0.15) is 5.82 Å². The SMILES string of the molecule is CC(C)NCc1cnc(N(C)CC2CC2C)c(Cl)c1. The molecule has 0 aliphatic heterocycles. The lowest BCUT2D eigenvalue weighted by Gasteiger charge is -2.20. The van der Waals surface area contributed by atoms with Gasteiger partial charge in [-0.25, -0.2) is 4.98 Å². The summed E-state index contributed by atoms with van der Waals surface area (Å²) >= 11 is 6.35. The normalized spacial score (nSPS) is 21.8. The molecule has 0 saturated heterocycles. The largest absolute Gasteiger partial charge is 0.358 e. The van der Waals surface area contributed by atoms with E-state index in [4.69, 9.17) is 11.6 Å². The van der Waals surface area contributed by atoms with Gasteiger partial charge in [-0.1, -0.05) is 32.4 Å². The Morgan fingerprint density at radius 2 is 2.21 bits per heavy atom. The fourth-order valence-corrected chi connectivity index (χ4v) is 2.59. The number of nitrogens with one attached hydrogen (secondary N) is 1. The van der Waals surface area contributed by atoms with Crippen molar-refractivity contribution in [2.24, 2.45) is 11.8 Å². The zero-order chi connectivity index (χ0) is 14.0. The molecule has 0 radical (unpaired) electrons. The van der Waals surface area contributed by atoms with Crippen molar-refractivity contribution >= 4 is 17.4 Å². The first-order valence-corrected chi connectivity index (χ1v) is 7.44. The molecular formula is C15H24ClN3. The Morgan fingerprint density at radius 1 is 1.53 bits per heavy atom. The van der Waals surface area contributed by atoms with E-state index in [1.807, 2.05) is 12.3 Å². The van der Waals surface area contributed by atoms with Crippen LogP contribution in [-0.2, 0) is 6.54 Å². The van der Waals surface area contributed by atoms with Crippen LogP contribution in [0.15, 0.2) is 12.3 Å². The van der Waals surface area contributed by atoms with Gasteiger partial charge in [0.05, 0.1) is 5.02 Å². The van der Waals surface area contributed by atoms with Crippen molar-refractivity contribution < 1.29 is 0 Å². The molecule has 0 bridgehead atoms. The third-order valence-corrected chi connectivity index (χ3v) is 4.02. The lowest BCUT2D eigenvalue weighted by Crippen LogP contribution is -2.23. The molecule has 2 rings (SSSR count). The molecule has 2 atom stereocenters. The molecule has 0 spiro atoms. The average Bonchev–Trinajstić information content (AvgIpc) is 3.02. The summed E-state index contributed by atoms with van der Waals surface area (Å²) in [7, 11) is 2.07. The van der Waals surface area contributed by atoms with Gasteiger partial charge in [-0.2, -0.15) is 0 Å². The maximum atomic E-state index is 6.35. The molecule has 1 aromatic rings. The quantitative estimate of drug-likeness (QED) is 0.867. The Hall–Kier alpha value is -0.800. The zero-order valence-electron chi connectivity index (χ0n) is 12.3. The summed E-state index contributed by atoms with van der Waals surface area (Å²) in [5.74, 6) is 2.56. The van der Waals surface area contributed by atoms with E-state index in [0.29, 0.717) is 6.04 Å². The summed E-state index contributed by atoms with van der Waals surface area (Å²) in [5.41, 5.74) is 1.13. The van der Waals surface area contributed by atoms with E-state index in [1.165, 1.54) is 6.42 Å². The minimum absolute atomic E-state index is 0.470. The fraction of sp³-hybridized carbons (Fsp3) is 0.667.